The zero-order valence-electron chi connectivity index (χ0n) is 9.97. The largest absolute Gasteiger partial charge is 0.313 e. The highest BCUT2D eigenvalue weighted by molar-refractivity contribution is 6.03. The lowest BCUT2D eigenvalue weighted by molar-refractivity contribution is 1.06. The maximum atomic E-state index is 7.16. The van der Waals surface area contributed by atoms with Crippen LogP contribution in [-0.4, -0.2) is 11.9 Å². The van der Waals surface area contributed by atoms with E-state index in [2.05, 4.69) is 17.6 Å². The lowest BCUT2D eigenvalue weighted by Gasteiger charge is -1.98. The molecule has 0 amide bonds. The van der Waals surface area contributed by atoms with Gasteiger partial charge < -0.3 is 5.41 Å². The number of unbranched alkanes of at least 4 members (excludes halogenated alkanes) is 1. The molecule has 1 aromatic carbocycles. The molecular formula is C15H18N2. The molecule has 0 atom stereocenters. The lowest BCUT2D eigenvalue weighted by Crippen LogP contribution is -1.93. The van der Waals surface area contributed by atoms with Crippen LogP contribution in [0, 0.1) is 5.41 Å². The Labute approximate surface area is 103 Å². The van der Waals surface area contributed by atoms with E-state index in [1.165, 1.54) is 6.21 Å². The number of nitrogens with zero attached hydrogens (tertiary/aromatic N) is 1. The van der Waals surface area contributed by atoms with Crippen molar-refractivity contribution in [3.8, 4) is 0 Å². The second kappa shape index (κ2) is 8.22. The van der Waals surface area contributed by atoms with Crippen LogP contribution >= 0.6 is 0 Å². The van der Waals surface area contributed by atoms with Crippen molar-refractivity contribution in [2.24, 2.45) is 4.99 Å². The van der Waals surface area contributed by atoms with Crippen LogP contribution in [0.3, 0.4) is 0 Å². The monoisotopic (exact) mass is 226 g/mol. The Morgan fingerprint density at radius 1 is 1.24 bits per heavy atom. The Hall–Kier alpha value is -1.96. The molecule has 1 aromatic rings. The molecule has 0 saturated carbocycles. The second-order valence-electron chi connectivity index (χ2n) is 3.62. The molecule has 0 saturated heterocycles. The van der Waals surface area contributed by atoms with Crippen molar-refractivity contribution in [2.75, 3.05) is 0 Å². The minimum atomic E-state index is 0.569. The first-order valence-corrected chi connectivity index (χ1v) is 5.76. The first kappa shape index (κ1) is 13.1. The van der Waals surface area contributed by atoms with Crippen LogP contribution in [0.4, 0.5) is 5.69 Å². The van der Waals surface area contributed by atoms with Crippen LogP contribution in [-0.2, 0) is 0 Å². The molecule has 17 heavy (non-hydrogen) atoms. The minimum Gasteiger partial charge on any atom is -0.313 e. The van der Waals surface area contributed by atoms with E-state index in [0.29, 0.717) is 6.42 Å². The summed E-state index contributed by atoms with van der Waals surface area (Å²) in [6, 6.07) is 9.81. The number of allylic oxidation sites excluding steroid dienone is 3. The fourth-order valence-electron chi connectivity index (χ4n) is 1.36. The Morgan fingerprint density at radius 3 is 2.65 bits per heavy atom. The normalized spacial score (nSPS) is 11.6. The third-order valence-electron chi connectivity index (χ3n) is 2.19. The molecule has 1 rings (SSSR count). The average molecular weight is 226 g/mol. The molecule has 1 N–H and O–H groups in total. The first-order valence-electron chi connectivity index (χ1n) is 5.76. The van der Waals surface area contributed by atoms with Crippen molar-refractivity contribution in [1.82, 2.24) is 0 Å². The third kappa shape index (κ3) is 5.61. The summed E-state index contributed by atoms with van der Waals surface area (Å²) >= 11 is 0. The van der Waals surface area contributed by atoms with Gasteiger partial charge in [-0.25, -0.2) is 0 Å². The van der Waals surface area contributed by atoms with Gasteiger partial charge in [-0.1, -0.05) is 30.4 Å². The quantitative estimate of drug-likeness (QED) is 0.408. The number of aliphatic imine (C=N–C) groups is 1. The number of nitrogens with one attached hydrogen (secondary N) is 1. The molecule has 0 unspecified atom stereocenters. The molecule has 0 fully saturated rings. The van der Waals surface area contributed by atoms with E-state index in [0.717, 1.165) is 24.2 Å². The maximum Gasteiger partial charge on any atom is 0.0633 e. The third-order valence-corrected chi connectivity index (χ3v) is 2.19. The number of para-hydroxylation sites is 1. The van der Waals surface area contributed by atoms with E-state index in [1.54, 1.807) is 0 Å². The van der Waals surface area contributed by atoms with Gasteiger partial charge in [0.05, 0.1) is 5.69 Å². The van der Waals surface area contributed by atoms with E-state index in [1.807, 2.05) is 42.5 Å². The fraction of sp³-hybridized carbons (Fsp3) is 0.200. The maximum absolute atomic E-state index is 7.16. The number of benzene rings is 1. The average Bonchev–Trinajstić information content (AvgIpc) is 2.36. The molecular weight excluding hydrogens is 208 g/mol. The number of hydrogen-bond acceptors (Lipinski definition) is 2. The SMILES string of the molecule is C=CCCC=CC(CC=N)=Nc1ccccc1. The van der Waals surface area contributed by atoms with E-state index in [-0.39, 0.29) is 0 Å². The predicted octanol–water partition coefficient (Wildman–Crippen LogP) is 4.32. The Balaban J connectivity index is 2.71. The summed E-state index contributed by atoms with van der Waals surface area (Å²) in [5.41, 5.74) is 1.84. The molecule has 0 radical (unpaired) electrons. The summed E-state index contributed by atoms with van der Waals surface area (Å²) in [7, 11) is 0. The van der Waals surface area contributed by atoms with E-state index in [4.69, 9.17) is 5.41 Å². The highest BCUT2D eigenvalue weighted by Crippen LogP contribution is 2.11. The van der Waals surface area contributed by atoms with Crippen LogP contribution in [0.1, 0.15) is 19.3 Å². The summed E-state index contributed by atoms with van der Waals surface area (Å²) in [6.07, 6.45) is 9.84. The predicted molar refractivity (Wildman–Crippen MR) is 75.5 cm³/mol. The van der Waals surface area contributed by atoms with Crippen molar-refractivity contribution >= 4 is 17.6 Å². The Kier molecular flexibility index (Phi) is 6.34. The number of hydrogen-bond donors (Lipinski definition) is 1. The van der Waals surface area contributed by atoms with Gasteiger partial charge in [0.1, 0.15) is 0 Å². The van der Waals surface area contributed by atoms with Crippen LogP contribution in [0.15, 0.2) is 60.1 Å². The molecule has 0 aliphatic carbocycles. The summed E-state index contributed by atoms with van der Waals surface area (Å²) in [5.74, 6) is 0. The summed E-state index contributed by atoms with van der Waals surface area (Å²) in [6.45, 7) is 3.68. The molecule has 0 aromatic heterocycles. The summed E-state index contributed by atoms with van der Waals surface area (Å²) in [4.78, 5) is 4.50. The van der Waals surface area contributed by atoms with Crippen molar-refractivity contribution in [2.45, 2.75) is 19.3 Å². The molecule has 2 heteroatoms. The topological polar surface area (TPSA) is 36.2 Å². The van der Waals surface area contributed by atoms with Gasteiger partial charge in [-0.05, 0) is 31.1 Å². The molecule has 0 aliphatic rings. The fourth-order valence-corrected chi connectivity index (χ4v) is 1.36. The van der Waals surface area contributed by atoms with Gasteiger partial charge in [0.2, 0.25) is 0 Å². The van der Waals surface area contributed by atoms with Gasteiger partial charge in [-0.15, -0.1) is 6.58 Å². The highest BCUT2D eigenvalue weighted by Gasteiger charge is 1.93. The smallest absolute Gasteiger partial charge is 0.0633 e. The van der Waals surface area contributed by atoms with Gasteiger partial charge in [0, 0.05) is 18.3 Å². The van der Waals surface area contributed by atoms with Crippen LogP contribution in [0.5, 0.6) is 0 Å². The minimum absolute atomic E-state index is 0.569. The standard InChI is InChI=1S/C15H18N2/c1-2-3-4-6-11-15(12-13-16)17-14-9-7-5-8-10-14/h2,5-11,13,16H,1,3-4,12H2. The van der Waals surface area contributed by atoms with Crippen molar-refractivity contribution < 1.29 is 0 Å². The zero-order valence-corrected chi connectivity index (χ0v) is 9.97. The van der Waals surface area contributed by atoms with E-state index >= 15 is 0 Å². The van der Waals surface area contributed by atoms with Crippen molar-refractivity contribution in [3.63, 3.8) is 0 Å². The van der Waals surface area contributed by atoms with Crippen molar-refractivity contribution in [1.29, 1.82) is 5.41 Å². The van der Waals surface area contributed by atoms with Gasteiger partial charge in [0.25, 0.3) is 0 Å². The second-order valence-corrected chi connectivity index (χ2v) is 3.62. The molecule has 0 aliphatic heterocycles. The lowest BCUT2D eigenvalue weighted by atomic mass is 10.2. The molecule has 88 valence electrons. The van der Waals surface area contributed by atoms with Crippen molar-refractivity contribution in [3.05, 3.63) is 55.1 Å². The molecule has 2 nitrogen and oxygen atoms in total. The molecule has 0 spiro atoms. The number of rotatable bonds is 7. The molecule has 0 bridgehead atoms. The van der Waals surface area contributed by atoms with Gasteiger partial charge in [0.15, 0.2) is 0 Å². The highest BCUT2D eigenvalue weighted by atomic mass is 14.7. The van der Waals surface area contributed by atoms with Crippen LogP contribution < -0.4 is 0 Å². The zero-order chi connectivity index (χ0) is 12.3. The van der Waals surface area contributed by atoms with Gasteiger partial charge in [-0.3, -0.25) is 4.99 Å². The van der Waals surface area contributed by atoms with E-state index in [9.17, 15) is 0 Å². The molecule has 0 heterocycles. The van der Waals surface area contributed by atoms with Crippen LogP contribution in [0.2, 0.25) is 0 Å². The first-order chi connectivity index (χ1) is 8.36. The van der Waals surface area contributed by atoms with Crippen LogP contribution in [0.25, 0.3) is 0 Å². The Bertz CT molecular complexity index is 402. The summed E-state index contributed by atoms with van der Waals surface area (Å²) < 4.78 is 0. The van der Waals surface area contributed by atoms with Gasteiger partial charge in [-0.2, -0.15) is 0 Å². The van der Waals surface area contributed by atoms with E-state index < -0.39 is 0 Å². The summed E-state index contributed by atoms with van der Waals surface area (Å²) in [5, 5.41) is 7.16. The Morgan fingerprint density at radius 2 is 2.00 bits per heavy atom. The van der Waals surface area contributed by atoms with Gasteiger partial charge >= 0.3 is 0 Å².